The first-order valence-corrected chi connectivity index (χ1v) is 3.52. The molecular weight excluding hydrogens is 108 g/mol. The lowest BCUT2D eigenvalue weighted by molar-refractivity contribution is 0.959. The molecule has 1 radical (unpaired) electrons. The average Bonchev–Trinajstić information content (AvgIpc) is 1.89. The van der Waals surface area contributed by atoms with Crippen LogP contribution in [0.2, 0.25) is 0 Å². The van der Waals surface area contributed by atoms with Gasteiger partial charge < -0.3 is 0 Å². The second-order valence-corrected chi connectivity index (χ2v) is 1.93. The zero-order chi connectivity index (χ0) is 6.95. The molecule has 0 aromatic carbocycles. The molecule has 0 aliphatic rings. The van der Waals surface area contributed by atoms with Crippen molar-refractivity contribution in [1.82, 2.24) is 0 Å². The van der Waals surface area contributed by atoms with Gasteiger partial charge in [-0.1, -0.05) is 37.6 Å². The van der Waals surface area contributed by atoms with Gasteiger partial charge in [0.25, 0.3) is 0 Å². The van der Waals surface area contributed by atoms with E-state index in [1.165, 1.54) is 12.8 Å². The standard InChI is InChI=1S/C9H15/c1-3-5-7-9-8-6-4-2/h5,7-9H,1,3-4,6H2,2H3/b7-5+,9-8+. The lowest BCUT2D eigenvalue weighted by Gasteiger charge is -1.79. The zero-order valence-electron chi connectivity index (χ0n) is 6.14. The smallest absolute Gasteiger partial charge is 0.0347 e. The molecule has 9 heavy (non-hydrogen) atoms. The first kappa shape index (κ1) is 8.48. The molecule has 0 spiro atoms. The van der Waals surface area contributed by atoms with E-state index in [1.807, 2.05) is 12.2 Å². The third-order valence-corrected chi connectivity index (χ3v) is 1.01. The normalized spacial score (nSPS) is 11.8. The Balaban J connectivity index is 3.13. The maximum atomic E-state index is 3.68. The van der Waals surface area contributed by atoms with Crippen molar-refractivity contribution in [2.75, 3.05) is 0 Å². The van der Waals surface area contributed by atoms with Gasteiger partial charge in [-0.25, -0.2) is 0 Å². The molecule has 0 atom stereocenters. The van der Waals surface area contributed by atoms with Gasteiger partial charge >= 0.3 is 0 Å². The fraction of sp³-hybridized carbons (Fsp3) is 0.444. The van der Waals surface area contributed by atoms with Gasteiger partial charge in [0.1, 0.15) is 0 Å². The van der Waals surface area contributed by atoms with Crippen LogP contribution in [0.3, 0.4) is 0 Å². The minimum Gasteiger partial charge on any atom is -0.0846 e. The molecule has 0 heterocycles. The number of unbranched alkanes of at least 4 members (excludes halogenated alkanes) is 1. The summed E-state index contributed by atoms with van der Waals surface area (Å²) in [6, 6.07) is 0. The van der Waals surface area contributed by atoms with Crippen molar-refractivity contribution < 1.29 is 0 Å². The SMILES string of the molecule is [CH2]C/C=C/C=C/CCC. The Hall–Kier alpha value is -0.520. The minimum atomic E-state index is 0.885. The third kappa shape index (κ3) is 7.48. The Labute approximate surface area is 58.3 Å². The van der Waals surface area contributed by atoms with Crippen molar-refractivity contribution in [3.05, 3.63) is 31.2 Å². The van der Waals surface area contributed by atoms with Gasteiger partial charge in [-0.15, -0.1) is 0 Å². The van der Waals surface area contributed by atoms with Crippen molar-refractivity contribution in [3.63, 3.8) is 0 Å². The van der Waals surface area contributed by atoms with Crippen molar-refractivity contribution in [2.24, 2.45) is 0 Å². The zero-order valence-corrected chi connectivity index (χ0v) is 6.14. The van der Waals surface area contributed by atoms with E-state index in [9.17, 15) is 0 Å². The molecular formula is C9H15. The molecule has 0 heteroatoms. The van der Waals surface area contributed by atoms with E-state index < -0.39 is 0 Å². The second-order valence-electron chi connectivity index (χ2n) is 1.93. The second kappa shape index (κ2) is 7.48. The van der Waals surface area contributed by atoms with Crippen LogP contribution in [-0.4, -0.2) is 0 Å². The van der Waals surface area contributed by atoms with Crippen LogP contribution in [0, 0.1) is 6.92 Å². The van der Waals surface area contributed by atoms with Gasteiger partial charge in [-0.05, 0) is 19.8 Å². The van der Waals surface area contributed by atoms with Gasteiger partial charge in [-0.3, -0.25) is 0 Å². The molecule has 0 amide bonds. The summed E-state index contributed by atoms with van der Waals surface area (Å²) in [5.74, 6) is 0. The highest BCUT2D eigenvalue weighted by Crippen LogP contribution is 1.89. The summed E-state index contributed by atoms with van der Waals surface area (Å²) < 4.78 is 0. The molecule has 0 fully saturated rings. The molecule has 0 saturated carbocycles. The molecule has 0 bridgehead atoms. The number of rotatable bonds is 4. The van der Waals surface area contributed by atoms with E-state index in [-0.39, 0.29) is 0 Å². The van der Waals surface area contributed by atoms with Crippen LogP contribution < -0.4 is 0 Å². The van der Waals surface area contributed by atoms with Gasteiger partial charge in [-0.2, -0.15) is 0 Å². The van der Waals surface area contributed by atoms with E-state index >= 15 is 0 Å². The van der Waals surface area contributed by atoms with Crippen LogP contribution in [0.1, 0.15) is 26.2 Å². The Kier molecular flexibility index (Phi) is 7.05. The topological polar surface area (TPSA) is 0 Å². The Morgan fingerprint density at radius 2 is 1.89 bits per heavy atom. The van der Waals surface area contributed by atoms with Gasteiger partial charge in [0.15, 0.2) is 0 Å². The van der Waals surface area contributed by atoms with Gasteiger partial charge in [0.2, 0.25) is 0 Å². The van der Waals surface area contributed by atoms with E-state index in [0.717, 1.165) is 6.42 Å². The van der Waals surface area contributed by atoms with E-state index in [4.69, 9.17) is 0 Å². The molecule has 0 unspecified atom stereocenters. The Morgan fingerprint density at radius 1 is 1.22 bits per heavy atom. The van der Waals surface area contributed by atoms with Crippen LogP contribution in [0.4, 0.5) is 0 Å². The van der Waals surface area contributed by atoms with Crippen LogP contribution in [-0.2, 0) is 0 Å². The average molecular weight is 123 g/mol. The Morgan fingerprint density at radius 3 is 2.44 bits per heavy atom. The summed E-state index contributed by atoms with van der Waals surface area (Å²) in [5, 5.41) is 0. The van der Waals surface area contributed by atoms with Gasteiger partial charge in [0.05, 0.1) is 0 Å². The maximum Gasteiger partial charge on any atom is -0.0347 e. The van der Waals surface area contributed by atoms with Crippen molar-refractivity contribution >= 4 is 0 Å². The summed E-state index contributed by atoms with van der Waals surface area (Å²) in [5.41, 5.74) is 0. The first-order chi connectivity index (χ1) is 4.41. The lowest BCUT2D eigenvalue weighted by atomic mass is 10.3. The summed E-state index contributed by atoms with van der Waals surface area (Å²) in [6.07, 6.45) is 11.6. The molecule has 0 aliphatic carbocycles. The predicted octanol–water partition coefficient (Wildman–Crippen LogP) is 3.12. The summed E-state index contributed by atoms with van der Waals surface area (Å²) in [6.45, 7) is 5.86. The highest BCUT2D eigenvalue weighted by Gasteiger charge is 1.68. The molecule has 0 saturated heterocycles. The highest BCUT2D eigenvalue weighted by atomic mass is 13.7. The fourth-order valence-electron chi connectivity index (χ4n) is 0.516. The number of hydrogen-bond donors (Lipinski definition) is 0. The molecule has 0 nitrogen and oxygen atoms in total. The molecule has 0 aromatic heterocycles. The predicted molar refractivity (Wildman–Crippen MR) is 43.2 cm³/mol. The van der Waals surface area contributed by atoms with E-state index in [0.29, 0.717) is 0 Å². The summed E-state index contributed by atoms with van der Waals surface area (Å²) >= 11 is 0. The summed E-state index contributed by atoms with van der Waals surface area (Å²) in [4.78, 5) is 0. The molecule has 0 aromatic rings. The molecule has 51 valence electrons. The Bertz CT molecular complexity index is 88.2. The monoisotopic (exact) mass is 123 g/mol. The third-order valence-electron chi connectivity index (χ3n) is 1.01. The quantitative estimate of drug-likeness (QED) is 0.504. The molecule has 0 rings (SSSR count). The molecule has 0 N–H and O–H groups in total. The van der Waals surface area contributed by atoms with E-state index in [1.54, 1.807) is 0 Å². The van der Waals surface area contributed by atoms with Crippen LogP contribution >= 0.6 is 0 Å². The highest BCUT2D eigenvalue weighted by molar-refractivity contribution is 5.02. The number of hydrogen-bond acceptors (Lipinski definition) is 0. The summed E-state index contributed by atoms with van der Waals surface area (Å²) in [7, 11) is 0. The molecule has 0 aliphatic heterocycles. The fourth-order valence-corrected chi connectivity index (χ4v) is 0.516. The number of allylic oxidation sites excluding steroid dienone is 4. The lowest BCUT2D eigenvalue weighted by Crippen LogP contribution is -1.58. The van der Waals surface area contributed by atoms with Crippen molar-refractivity contribution in [1.29, 1.82) is 0 Å². The largest absolute Gasteiger partial charge is 0.0846 e. The minimum absolute atomic E-state index is 0.885. The van der Waals surface area contributed by atoms with Crippen molar-refractivity contribution in [2.45, 2.75) is 26.2 Å². The van der Waals surface area contributed by atoms with Gasteiger partial charge in [0, 0.05) is 0 Å². The van der Waals surface area contributed by atoms with E-state index in [2.05, 4.69) is 26.0 Å². The van der Waals surface area contributed by atoms with Crippen LogP contribution in [0.5, 0.6) is 0 Å². The van der Waals surface area contributed by atoms with Crippen molar-refractivity contribution in [3.8, 4) is 0 Å². The maximum absolute atomic E-state index is 3.68. The van der Waals surface area contributed by atoms with Crippen LogP contribution in [0.25, 0.3) is 0 Å². The van der Waals surface area contributed by atoms with Crippen LogP contribution in [0.15, 0.2) is 24.3 Å². The first-order valence-electron chi connectivity index (χ1n) is 3.52.